The molecule has 0 heterocycles. The summed E-state index contributed by atoms with van der Waals surface area (Å²) in [5.41, 5.74) is 2.16. The summed E-state index contributed by atoms with van der Waals surface area (Å²) in [4.78, 5) is 0. The quantitative estimate of drug-likeness (QED) is 0.619. The van der Waals surface area contributed by atoms with Crippen molar-refractivity contribution in [1.29, 1.82) is 0 Å². The minimum Gasteiger partial charge on any atom is -0.396 e. The Hall–Kier alpha value is -0.600. The van der Waals surface area contributed by atoms with Crippen LogP contribution in [0.2, 0.25) is 0 Å². The van der Waals surface area contributed by atoms with Gasteiger partial charge in [-0.15, -0.1) is 0 Å². The predicted octanol–water partition coefficient (Wildman–Crippen LogP) is 0.864. The molecule has 0 aromatic carbocycles. The molecule has 62 valence electrons. The minimum absolute atomic E-state index is 0.113. The third-order valence-electron chi connectivity index (χ3n) is 1.89. The highest BCUT2D eigenvalue weighted by atomic mass is 16.3. The molecule has 0 fully saturated rings. The van der Waals surface area contributed by atoms with E-state index in [2.05, 4.69) is 0 Å². The second-order valence-corrected chi connectivity index (χ2v) is 3.02. The van der Waals surface area contributed by atoms with Crippen LogP contribution in [0.5, 0.6) is 0 Å². The highest BCUT2D eigenvalue weighted by Crippen LogP contribution is 2.21. The van der Waals surface area contributed by atoms with Gasteiger partial charge in [-0.05, 0) is 18.9 Å². The largest absolute Gasteiger partial charge is 0.396 e. The van der Waals surface area contributed by atoms with Crippen LogP contribution in [0.1, 0.15) is 13.3 Å². The van der Waals surface area contributed by atoms with Gasteiger partial charge in [0.15, 0.2) is 0 Å². The van der Waals surface area contributed by atoms with Gasteiger partial charge in [-0.1, -0.05) is 17.7 Å². The van der Waals surface area contributed by atoms with Gasteiger partial charge >= 0.3 is 0 Å². The summed E-state index contributed by atoms with van der Waals surface area (Å²) in [6, 6.07) is 0. The van der Waals surface area contributed by atoms with Gasteiger partial charge < -0.3 is 10.2 Å². The maximum absolute atomic E-state index is 8.87. The van der Waals surface area contributed by atoms with E-state index in [1.54, 1.807) is 0 Å². The average Bonchev–Trinajstić information content (AvgIpc) is 2.03. The number of hydrogen-bond acceptors (Lipinski definition) is 2. The van der Waals surface area contributed by atoms with E-state index in [-0.39, 0.29) is 19.1 Å². The van der Waals surface area contributed by atoms with Gasteiger partial charge in [0.05, 0.1) is 6.61 Å². The maximum Gasteiger partial charge on any atom is 0.0645 e. The lowest BCUT2D eigenvalue weighted by Gasteiger charge is -2.16. The summed E-state index contributed by atoms with van der Waals surface area (Å²) in [7, 11) is 0. The van der Waals surface area contributed by atoms with Crippen LogP contribution in [0.15, 0.2) is 23.3 Å². The van der Waals surface area contributed by atoms with Crippen LogP contribution in [0.25, 0.3) is 0 Å². The fourth-order valence-electron chi connectivity index (χ4n) is 1.42. The zero-order valence-corrected chi connectivity index (χ0v) is 6.75. The lowest BCUT2D eigenvalue weighted by Crippen LogP contribution is -2.10. The van der Waals surface area contributed by atoms with E-state index < -0.39 is 0 Å². The van der Waals surface area contributed by atoms with Crippen LogP contribution in [-0.4, -0.2) is 23.4 Å². The first-order chi connectivity index (χ1) is 5.26. The van der Waals surface area contributed by atoms with Gasteiger partial charge in [0.2, 0.25) is 0 Å². The smallest absolute Gasteiger partial charge is 0.0645 e. The van der Waals surface area contributed by atoms with Crippen molar-refractivity contribution in [1.82, 2.24) is 0 Å². The van der Waals surface area contributed by atoms with E-state index in [9.17, 15) is 0 Å². The fourth-order valence-corrected chi connectivity index (χ4v) is 1.42. The molecule has 1 aliphatic rings. The van der Waals surface area contributed by atoms with Crippen LogP contribution in [0, 0.1) is 5.92 Å². The summed E-state index contributed by atoms with van der Waals surface area (Å²) in [6.45, 7) is 2.27. The van der Waals surface area contributed by atoms with Crippen molar-refractivity contribution in [3.63, 3.8) is 0 Å². The van der Waals surface area contributed by atoms with E-state index in [1.165, 1.54) is 0 Å². The van der Waals surface area contributed by atoms with Crippen LogP contribution in [0.4, 0.5) is 0 Å². The van der Waals surface area contributed by atoms with E-state index in [0.717, 1.165) is 17.6 Å². The Morgan fingerprint density at radius 2 is 2.27 bits per heavy atom. The first-order valence-corrected chi connectivity index (χ1v) is 3.86. The number of aliphatic hydroxyl groups is 2. The third-order valence-corrected chi connectivity index (χ3v) is 1.89. The van der Waals surface area contributed by atoms with Crippen LogP contribution in [-0.2, 0) is 0 Å². The van der Waals surface area contributed by atoms with Gasteiger partial charge in [0.1, 0.15) is 0 Å². The predicted molar refractivity (Wildman–Crippen MR) is 44.1 cm³/mol. The second kappa shape index (κ2) is 3.69. The number of aliphatic hydroxyl groups excluding tert-OH is 2. The molecule has 0 amide bonds. The van der Waals surface area contributed by atoms with Crippen molar-refractivity contribution >= 4 is 0 Å². The molecule has 0 aromatic heterocycles. The van der Waals surface area contributed by atoms with Crippen molar-refractivity contribution in [3.05, 3.63) is 23.3 Å². The molecule has 0 aliphatic heterocycles. The Kier molecular flexibility index (Phi) is 2.85. The first-order valence-electron chi connectivity index (χ1n) is 3.86. The second-order valence-electron chi connectivity index (χ2n) is 3.02. The SMILES string of the molecule is CC1=CC(CO)CC(CO)=C1. The molecule has 0 bridgehead atoms. The molecule has 0 aromatic rings. The molecule has 1 rings (SSSR count). The Balaban J connectivity index is 2.67. The minimum atomic E-state index is 0.113. The Morgan fingerprint density at radius 3 is 2.82 bits per heavy atom. The number of hydrogen-bond donors (Lipinski definition) is 2. The van der Waals surface area contributed by atoms with Crippen molar-refractivity contribution < 1.29 is 10.2 Å². The summed E-state index contributed by atoms with van der Waals surface area (Å²) in [6.07, 6.45) is 4.82. The Labute approximate surface area is 66.9 Å². The normalized spacial score (nSPS) is 24.5. The zero-order chi connectivity index (χ0) is 8.27. The molecule has 0 spiro atoms. The van der Waals surface area contributed by atoms with E-state index in [1.807, 2.05) is 19.1 Å². The Bertz CT molecular complexity index is 192. The zero-order valence-electron chi connectivity index (χ0n) is 6.75. The molecular formula is C9H14O2. The molecule has 0 saturated heterocycles. The molecule has 2 heteroatoms. The summed E-state index contributed by atoms with van der Waals surface area (Å²) >= 11 is 0. The molecule has 0 radical (unpaired) electrons. The number of allylic oxidation sites excluding steroid dienone is 2. The van der Waals surface area contributed by atoms with E-state index >= 15 is 0 Å². The maximum atomic E-state index is 8.87. The van der Waals surface area contributed by atoms with Crippen LogP contribution >= 0.6 is 0 Å². The molecule has 11 heavy (non-hydrogen) atoms. The van der Waals surface area contributed by atoms with Gasteiger partial charge in [-0.25, -0.2) is 0 Å². The molecule has 1 unspecified atom stereocenters. The molecule has 2 nitrogen and oxygen atoms in total. The van der Waals surface area contributed by atoms with Crippen molar-refractivity contribution in [2.45, 2.75) is 13.3 Å². The standard InChI is InChI=1S/C9H14O2/c1-7-2-8(5-10)4-9(3-7)6-11/h2-3,8,10-11H,4-6H2,1H3. The van der Waals surface area contributed by atoms with Crippen LogP contribution < -0.4 is 0 Å². The molecule has 1 aliphatic carbocycles. The fraction of sp³-hybridized carbons (Fsp3) is 0.556. The van der Waals surface area contributed by atoms with Gasteiger partial charge in [0.25, 0.3) is 0 Å². The summed E-state index contributed by atoms with van der Waals surface area (Å²) in [5, 5.41) is 17.7. The molecule has 1 atom stereocenters. The van der Waals surface area contributed by atoms with Gasteiger partial charge in [0, 0.05) is 12.5 Å². The monoisotopic (exact) mass is 154 g/mol. The highest BCUT2D eigenvalue weighted by molar-refractivity contribution is 5.27. The number of rotatable bonds is 2. The first kappa shape index (κ1) is 8.50. The highest BCUT2D eigenvalue weighted by Gasteiger charge is 2.11. The third kappa shape index (κ3) is 2.17. The van der Waals surface area contributed by atoms with Gasteiger partial charge in [-0.2, -0.15) is 0 Å². The van der Waals surface area contributed by atoms with E-state index in [0.29, 0.717) is 0 Å². The molecular weight excluding hydrogens is 140 g/mol. The Morgan fingerprint density at radius 1 is 1.55 bits per heavy atom. The lowest BCUT2D eigenvalue weighted by atomic mass is 9.92. The molecule has 2 N–H and O–H groups in total. The summed E-state index contributed by atoms with van der Waals surface area (Å²) in [5.74, 6) is 0.210. The van der Waals surface area contributed by atoms with Gasteiger partial charge in [-0.3, -0.25) is 0 Å². The van der Waals surface area contributed by atoms with E-state index in [4.69, 9.17) is 10.2 Å². The topological polar surface area (TPSA) is 40.5 Å². The lowest BCUT2D eigenvalue weighted by molar-refractivity contribution is 0.244. The molecule has 0 saturated carbocycles. The van der Waals surface area contributed by atoms with Crippen LogP contribution in [0.3, 0.4) is 0 Å². The van der Waals surface area contributed by atoms with Crippen molar-refractivity contribution in [2.75, 3.05) is 13.2 Å². The average molecular weight is 154 g/mol. The van der Waals surface area contributed by atoms with Crippen molar-refractivity contribution in [3.8, 4) is 0 Å². The van der Waals surface area contributed by atoms with Crippen molar-refractivity contribution in [2.24, 2.45) is 5.92 Å². The summed E-state index contributed by atoms with van der Waals surface area (Å²) < 4.78 is 0.